The van der Waals surface area contributed by atoms with E-state index in [1.807, 2.05) is 36.4 Å². The van der Waals surface area contributed by atoms with Crippen LogP contribution in [0.25, 0.3) is 6.08 Å². The Morgan fingerprint density at radius 3 is 2.62 bits per heavy atom. The molecule has 0 saturated carbocycles. The minimum Gasteiger partial charge on any atom is -0.258 e. The molecule has 2 aromatic rings. The molecule has 0 unspecified atom stereocenters. The van der Waals surface area contributed by atoms with E-state index in [4.69, 9.17) is 6.42 Å². The van der Waals surface area contributed by atoms with Gasteiger partial charge in [-0.25, -0.2) is 4.99 Å². The smallest absolute Gasteiger partial charge is 0.258 e. The van der Waals surface area contributed by atoms with Crippen molar-refractivity contribution in [3.8, 4) is 12.3 Å². The molecule has 0 aliphatic heterocycles. The Morgan fingerprint density at radius 1 is 1.19 bits per heavy atom. The second kappa shape index (κ2) is 6.83. The minimum atomic E-state index is -0.464. The number of nitro groups is 1. The highest BCUT2D eigenvalue weighted by atomic mass is 16.6. The molecule has 0 radical (unpaired) electrons. The first-order valence-electron chi connectivity index (χ1n) is 6.22. The summed E-state index contributed by atoms with van der Waals surface area (Å²) >= 11 is 0. The van der Waals surface area contributed by atoms with Gasteiger partial charge in [-0.3, -0.25) is 10.1 Å². The fraction of sp³-hybridized carbons (Fsp3) is 0. The van der Waals surface area contributed by atoms with Crippen LogP contribution in [0.3, 0.4) is 0 Å². The molecule has 0 aliphatic rings. The van der Waals surface area contributed by atoms with Crippen molar-refractivity contribution in [3.63, 3.8) is 0 Å². The van der Waals surface area contributed by atoms with Crippen molar-refractivity contribution < 1.29 is 4.92 Å². The number of rotatable bonds is 4. The highest BCUT2D eigenvalue weighted by Crippen LogP contribution is 2.20. The molecule has 0 N–H and O–H groups in total. The van der Waals surface area contributed by atoms with Crippen molar-refractivity contribution in [3.05, 3.63) is 76.4 Å². The number of allylic oxidation sites excluding steroid dienone is 1. The van der Waals surface area contributed by atoms with Gasteiger partial charge in [0.15, 0.2) is 0 Å². The average Bonchev–Trinajstić information content (AvgIpc) is 2.52. The van der Waals surface area contributed by atoms with Gasteiger partial charge in [-0.05, 0) is 17.7 Å². The summed E-state index contributed by atoms with van der Waals surface area (Å²) in [6.45, 7) is 0. The van der Waals surface area contributed by atoms with Crippen molar-refractivity contribution >= 4 is 23.2 Å². The molecule has 4 heteroatoms. The van der Waals surface area contributed by atoms with Crippen LogP contribution in [0, 0.1) is 22.5 Å². The molecule has 0 fully saturated rings. The highest BCUT2D eigenvalue weighted by molar-refractivity contribution is 6.11. The molecule has 0 saturated heterocycles. The number of hydrogen-bond donors (Lipinski definition) is 0. The molecule has 2 rings (SSSR count). The van der Waals surface area contributed by atoms with Crippen LogP contribution in [0.15, 0.2) is 65.7 Å². The molecular weight excluding hydrogens is 264 g/mol. The van der Waals surface area contributed by atoms with Crippen molar-refractivity contribution in [1.82, 2.24) is 0 Å². The van der Waals surface area contributed by atoms with Gasteiger partial charge in [0, 0.05) is 12.1 Å². The van der Waals surface area contributed by atoms with Crippen molar-refractivity contribution in [2.24, 2.45) is 4.99 Å². The van der Waals surface area contributed by atoms with E-state index in [9.17, 15) is 10.1 Å². The first kappa shape index (κ1) is 14.2. The molecule has 2 aromatic carbocycles. The van der Waals surface area contributed by atoms with E-state index in [-0.39, 0.29) is 5.69 Å². The van der Waals surface area contributed by atoms with Gasteiger partial charge in [0.25, 0.3) is 5.69 Å². The zero-order valence-corrected chi connectivity index (χ0v) is 11.1. The SMILES string of the molecule is C#CC(/C=C/c1ccccc1)=Nc1cccc([N+](=O)[O-])c1. The maximum atomic E-state index is 10.7. The Bertz CT molecular complexity index is 741. The van der Waals surface area contributed by atoms with Gasteiger partial charge in [0.05, 0.1) is 10.6 Å². The maximum Gasteiger partial charge on any atom is 0.271 e. The van der Waals surface area contributed by atoms with Gasteiger partial charge in [0.1, 0.15) is 5.71 Å². The number of aliphatic imine (C=N–C) groups is 1. The second-order valence-electron chi connectivity index (χ2n) is 4.16. The van der Waals surface area contributed by atoms with Gasteiger partial charge in [-0.1, -0.05) is 48.4 Å². The summed E-state index contributed by atoms with van der Waals surface area (Å²) < 4.78 is 0. The Hall–Kier alpha value is -3.19. The standard InChI is InChI=1S/C17H12N2O2/c1-2-15(12-11-14-7-4-3-5-8-14)18-16-9-6-10-17(13-16)19(20)21/h1,3-13H/b12-11+,18-15?. The third-order valence-electron chi connectivity index (χ3n) is 2.67. The molecule has 0 spiro atoms. The van der Waals surface area contributed by atoms with Crippen LogP contribution in [0.5, 0.6) is 0 Å². The van der Waals surface area contributed by atoms with Gasteiger partial charge < -0.3 is 0 Å². The van der Waals surface area contributed by atoms with E-state index in [0.717, 1.165) is 5.56 Å². The molecule has 0 heterocycles. The average molecular weight is 276 g/mol. The first-order valence-corrected chi connectivity index (χ1v) is 6.22. The lowest BCUT2D eigenvalue weighted by Crippen LogP contribution is -1.89. The van der Waals surface area contributed by atoms with E-state index >= 15 is 0 Å². The summed E-state index contributed by atoms with van der Waals surface area (Å²) in [7, 11) is 0. The van der Waals surface area contributed by atoms with E-state index in [0.29, 0.717) is 11.4 Å². The van der Waals surface area contributed by atoms with Gasteiger partial charge in [-0.15, -0.1) is 6.42 Å². The molecule has 21 heavy (non-hydrogen) atoms. The number of nitro benzene ring substituents is 1. The van der Waals surface area contributed by atoms with Crippen molar-refractivity contribution in [2.75, 3.05) is 0 Å². The normalized spacial score (nSPS) is 11.3. The minimum absolute atomic E-state index is 0.0142. The molecule has 4 nitrogen and oxygen atoms in total. The number of benzene rings is 2. The summed E-state index contributed by atoms with van der Waals surface area (Å²) in [4.78, 5) is 14.5. The van der Waals surface area contributed by atoms with Crippen LogP contribution in [0.2, 0.25) is 0 Å². The van der Waals surface area contributed by atoms with Crippen LogP contribution >= 0.6 is 0 Å². The predicted molar refractivity (Wildman–Crippen MR) is 84.5 cm³/mol. The topological polar surface area (TPSA) is 55.5 Å². The first-order chi connectivity index (χ1) is 10.2. The third-order valence-corrected chi connectivity index (χ3v) is 2.67. The zero-order valence-electron chi connectivity index (χ0n) is 11.1. The number of terminal acetylenes is 1. The van der Waals surface area contributed by atoms with E-state index in [1.54, 1.807) is 18.2 Å². The fourth-order valence-electron chi connectivity index (χ4n) is 1.67. The van der Waals surface area contributed by atoms with Crippen LogP contribution < -0.4 is 0 Å². The number of hydrogen-bond acceptors (Lipinski definition) is 3. The lowest BCUT2D eigenvalue weighted by atomic mass is 10.2. The lowest BCUT2D eigenvalue weighted by Gasteiger charge is -1.96. The van der Waals surface area contributed by atoms with Crippen LogP contribution in [-0.2, 0) is 0 Å². The van der Waals surface area contributed by atoms with Crippen LogP contribution in [-0.4, -0.2) is 10.6 Å². The zero-order chi connectivity index (χ0) is 15.1. The van der Waals surface area contributed by atoms with Gasteiger partial charge >= 0.3 is 0 Å². The summed E-state index contributed by atoms with van der Waals surface area (Å²) in [6, 6.07) is 15.7. The molecule has 0 bridgehead atoms. The van der Waals surface area contributed by atoms with Crippen LogP contribution in [0.1, 0.15) is 5.56 Å². The molecular formula is C17H12N2O2. The lowest BCUT2D eigenvalue weighted by molar-refractivity contribution is -0.384. The predicted octanol–water partition coefficient (Wildman–Crippen LogP) is 4.01. The van der Waals surface area contributed by atoms with Crippen molar-refractivity contribution in [2.45, 2.75) is 0 Å². The summed E-state index contributed by atoms with van der Waals surface area (Å²) in [5, 5.41) is 10.7. The Balaban J connectivity index is 2.25. The second-order valence-corrected chi connectivity index (χ2v) is 4.16. The summed E-state index contributed by atoms with van der Waals surface area (Å²) in [6.07, 6.45) is 8.96. The quantitative estimate of drug-likeness (QED) is 0.366. The van der Waals surface area contributed by atoms with Crippen molar-refractivity contribution in [1.29, 1.82) is 0 Å². The van der Waals surface area contributed by atoms with E-state index < -0.39 is 4.92 Å². The van der Waals surface area contributed by atoms with E-state index in [2.05, 4.69) is 10.9 Å². The summed E-state index contributed by atoms with van der Waals surface area (Å²) in [5.41, 5.74) is 1.84. The Kier molecular flexibility index (Phi) is 4.62. The van der Waals surface area contributed by atoms with Crippen LogP contribution in [0.4, 0.5) is 11.4 Å². The Morgan fingerprint density at radius 2 is 1.95 bits per heavy atom. The third kappa shape index (κ3) is 4.15. The molecule has 0 atom stereocenters. The molecule has 102 valence electrons. The number of non-ortho nitro benzene ring substituents is 1. The highest BCUT2D eigenvalue weighted by Gasteiger charge is 2.04. The molecule has 0 aromatic heterocycles. The maximum absolute atomic E-state index is 10.7. The Labute approximate surface area is 122 Å². The fourth-order valence-corrected chi connectivity index (χ4v) is 1.67. The van der Waals surface area contributed by atoms with E-state index in [1.165, 1.54) is 12.1 Å². The van der Waals surface area contributed by atoms with Gasteiger partial charge in [0.2, 0.25) is 0 Å². The largest absolute Gasteiger partial charge is 0.271 e. The number of nitrogens with zero attached hydrogens (tertiary/aromatic N) is 2. The molecule has 0 aliphatic carbocycles. The monoisotopic (exact) mass is 276 g/mol. The molecule has 0 amide bonds. The van der Waals surface area contributed by atoms with Gasteiger partial charge in [-0.2, -0.15) is 0 Å². The summed E-state index contributed by atoms with van der Waals surface area (Å²) in [5.74, 6) is 2.46.